The van der Waals surface area contributed by atoms with E-state index >= 15 is 0 Å². The van der Waals surface area contributed by atoms with Gasteiger partial charge in [-0.05, 0) is 37.7 Å². The fourth-order valence-corrected chi connectivity index (χ4v) is 2.38. The standard InChI is InChI=1S/C15H20O2/c16-12-14-6-8-15(9-7-14)17-11-10-13-4-2-1-3-5-13/h1-5,12,14-15H,6-11H2. The first-order chi connectivity index (χ1) is 8.38. The molecule has 92 valence electrons. The van der Waals surface area contributed by atoms with Crippen LogP contribution in [-0.4, -0.2) is 19.0 Å². The van der Waals surface area contributed by atoms with E-state index in [4.69, 9.17) is 4.74 Å². The number of benzene rings is 1. The van der Waals surface area contributed by atoms with Crippen molar-refractivity contribution in [2.75, 3.05) is 6.61 Å². The highest BCUT2D eigenvalue weighted by Gasteiger charge is 2.20. The van der Waals surface area contributed by atoms with Crippen LogP contribution in [-0.2, 0) is 16.0 Å². The Hall–Kier alpha value is -1.15. The number of hydrogen-bond acceptors (Lipinski definition) is 2. The first-order valence-electron chi connectivity index (χ1n) is 6.49. The van der Waals surface area contributed by atoms with Crippen molar-refractivity contribution in [3.05, 3.63) is 35.9 Å². The molecule has 1 aromatic rings. The molecule has 1 aliphatic rings. The van der Waals surface area contributed by atoms with Gasteiger partial charge in [-0.3, -0.25) is 0 Å². The summed E-state index contributed by atoms with van der Waals surface area (Å²) >= 11 is 0. The Kier molecular flexibility index (Phi) is 4.75. The summed E-state index contributed by atoms with van der Waals surface area (Å²) in [6.07, 6.45) is 6.53. The molecular weight excluding hydrogens is 212 g/mol. The first kappa shape index (κ1) is 12.3. The molecule has 2 nitrogen and oxygen atoms in total. The van der Waals surface area contributed by atoms with Crippen molar-refractivity contribution < 1.29 is 9.53 Å². The van der Waals surface area contributed by atoms with Gasteiger partial charge in [0.05, 0.1) is 12.7 Å². The topological polar surface area (TPSA) is 26.3 Å². The minimum atomic E-state index is 0.281. The highest BCUT2D eigenvalue weighted by Crippen LogP contribution is 2.24. The molecule has 0 unspecified atom stereocenters. The summed E-state index contributed by atoms with van der Waals surface area (Å²) in [4.78, 5) is 10.6. The van der Waals surface area contributed by atoms with Gasteiger partial charge >= 0.3 is 0 Å². The van der Waals surface area contributed by atoms with Crippen LogP contribution in [0.15, 0.2) is 30.3 Å². The fraction of sp³-hybridized carbons (Fsp3) is 0.533. The van der Waals surface area contributed by atoms with Gasteiger partial charge in [0.25, 0.3) is 0 Å². The summed E-state index contributed by atoms with van der Waals surface area (Å²) in [5.74, 6) is 0.281. The Bertz CT molecular complexity index is 326. The molecule has 17 heavy (non-hydrogen) atoms. The number of rotatable bonds is 5. The van der Waals surface area contributed by atoms with Crippen molar-refractivity contribution >= 4 is 6.29 Å². The van der Waals surface area contributed by atoms with E-state index in [0.29, 0.717) is 6.10 Å². The number of ether oxygens (including phenoxy) is 1. The second kappa shape index (κ2) is 6.55. The van der Waals surface area contributed by atoms with Crippen LogP contribution in [0.4, 0.5) is 0 Å². The van der Waals surface area contributed by atoms with Gasteiger partial charge in [0, 0.05) is 5.92 Å². The molecule has 2 heteroatoms. The Morgan fingerprint density at radius 1 is 1.12 bits per heavy atom. The predicted octanol–water partition coefficient (Wildman–Crippen LogP) is 3.00. The fourth-order valence-electron chi connectivity index (χ4n) is 2.38. The van der Waals surface area contributed by atoms with E-state index in [0.717, 1.165) is 45.0 Å². The molecule has 0 saturated heterocycles. The second-order valence-corrected chi connectivity index (χ2v) is 4.78. The van der Waals surface area contributed by atoms with Gasteiger partial charge in [-0.15, -0.1) is 0 Å². The van der Waals surface area contributed by atoms with Crippen LogP contribution in [0.3, 0.4) is 0 Å². The maximum absolute atomic E-state index is 10.6. The largest absolute Gasteiger partial charge is 0.378 e. The van der Waals surface area contributed by atoms with Crippen molar-refractivity contribution in [2.45, 2.75) is 38.2 Å². The lowest BCUT2D eigenvalue weighted by molar-refractivity contribution is -0.112. The summed E-state index contributed by atoms with van der Waals surface area (Å²) < 4.78 is 5.86. The Labute approximate surface area is 103 Å². The minimum Gasteiger partial charge on any atom is -0.378 e. The SMILES string of the molecule is O=CC1CCC(OCCc2ccccc2)CC1. The van der Waals surface area contributed by atoms with Crippen molar-refractivity contribution in [2.24, 2.45) is 5.92 Å². The third-order valence-electron chi connectivity index (χ3n) is 3.50. The van der Waals surface area contributed by atoms with E-state index in [1.165, 1.54) is 5.56 Å². The average molecular weight is 232 g/mol. The van der Waals surface area contributed by atoms with Gasteiger partial charge in [0.15, 0.2) is 0 Å². The number of hydrogen-bond donors (Lipinski definition) is 0. The molecule has 0 radical (unpaired) electrons. The zero-order chi connectivity index (χ0) is 11.9. The highest BCUT2D eigenvalue weighted by atomic mass is 16.5. The average Bonchev–Trinajstić information content (AvgIpc) is 2.41. The van der Waals surface area contributed by atoms with E-state index in [2.05, 4.69) is 24.3 Å². The van der Waals surface area contributed by atoms with E-state index in [1.54, 1.807) is 0 Å². The first-order valence-corrected chi connectivity index (χ1v) is 6.49. The molecule has 0 amide bonds. The van der Waals surface area contributed by atoms with Crippen molar-refractivity contribution in [1.82, 2.24) is 0 Å². The van der Waals surface area contributed by atoms with Crippen LogP contribution >= 0.6 is 0 Å². The molecule has 1 aliphatic carbocycles. The van der Waals surface area contributed by atoms with Gasteiger partial charge in [-0.1, -0.05) is 30.3 Å². The maximum Gasteiger partial charge on any atom is 0.123 e. The van der Waals surface area contributed by atoms with E-state index in [-0.39, 0.29) is 5.92 Å². The van der Waals surface area contributed by atoms with Crippen LogP contribution in [0, 0.1) is 5.92 Å². The summed E-state index contributed by atoms with van der Waals surface area (Å²) in [7, 11) is 0. The van der Waals surface area contributed by atoms with Crippen molar-refractivity contribution in [3.63, 3.8) is 0 Å². The van der Waals surface area contributed by atoms with Gasteiger partial charge in [0.1, 0.15) is 6.29 Å². The Balaban J connectivity index is 1.65. The molecule has 1 saturated carbocycles. The maximum atomic E-state index is 10.6. The smallest absolute Gasteiger partial charge is 0.123 e. The Morgan fingerprint density at radius 3 is 2.47 bits per heavy atom. The van der Waals surface area contributed by atoms with Gasteiger partial charge in [-0.2, -0.15) is 0 Å². The summed E-state index contributed by atoms with van der Waals surface area (Å²) in [5, 5.41) is 0. The second-order valence-electron chi connectivity index (χ2n) is 4.78. The third kappa shape index (κ3) is 3.97. The molecule has 0 bridgehead atoms. The molecule has 0 aromatic heterocycles. The van der Waals surface area contributed by atoms with Crippen molar-refractivity contribution in [3.8, 4) is 0 Å². The Morgan fingerprint density at radius 2 is 1.82 bits per heavy atom. The lowest BCUT2D eigenvalue weighted by atomic mass is 9.88. The number of carbonyl (C=O) groups is 1. The van der Waals surface area contributed by atoms with E-state index < -0.39 is 0 Å². The summed E-state index contributed by atoms with van der Waals surface area (Å²) in [6.45, 7) is 0.792. The number of carbonyl (C=O) groups excluding carboxylic acids is 1. The molecule has 1 fully saturated rings. The zero-order valence-electron chi connectivity index (χ0n) is 10.2. The third-order valence-corrected chi connectivity index (χ3v) is 3.50. The molecule has 2 rings (SSSR count). The van der Waals surface area contributed by atoms with Crippen LogP contribution in [0.1, 0.15) is 31.2 Å². The van der Waals surface area contributed by atoms with Crippen LogP contribution in [0.2, 0.25) is 0 Å². The molecular formula is C15H20O2. The van der Waals surface area contributed by atoms with Crippen LogP contribution in [0.25, 0.3) is 0 Å². The lowest BCUT2D eigenvalue weighted by Gasteiger charge is -2.25. The van der Waals surface area contributed by atoms with Crippen molar-refractivity contribution in [1.29, 1.82) is 0 Å². The molecule has 0 heterocycles. The lowest BCUT2D eigenvalue weighted by Crippen LogP contribution is -2.23. The van der Waals surface area contributed by atoms with Crippen LogP contribution in [0.5, 0.6) is 0 Å². The predicted molar refractivity (Wildman–Crippen MR) is 67.9 cm³/mol. The van der Waals surface area contributed by atoms with Crippen LogP contribution < -0.4 is 0 Å². The molecule has 0 aliphatic heterocycles. The van der Waals surface area contributed by atoms with Gasteiger partial charge in [0.2, 0.25) is 0 Å². The van der Waals surface area contributed by atoms with Gasteiger partial charge < -0.3 is 9.53 Å². The minimum absolute atomic E-state index is 0.281. The number of aldehydes is 1. The monoisotopic (exact) mass is 232 g/mol. The zero-order valence-corrected chi connectivity index (χ0v) is 10.2. The molecule has 0 atom stereocenters. The quantitative estimate of drug-likeness (QED) is 0.729. The molecule has 1 aromatic carbocycles. The van der Waals surface area contributed by atoms with E-state index in [1.807, 2.05) is 6.07 Å². The normalized spacial score (nSPS) is 24.5. The molecule has 0 spiro atoms. The summed E-state index contributed by atoms with van der Waals surface area (Å²) in [5.41, 5.74) is 1.33. The highest BCUT2D eigenvalue weighted by molar-refractivity contribution is 5.53. The van der Waals surface area contributed by atoms with Gasteiger partial charge in [-0.25, -0.2) is 0 Å². The molecule has 0 N–H and O–H groups in total. The van der Waals surface area contributed by atoms with E-state index in [9.17, 15) is 4.79 Å². The summed E-state index contributed by atoms with van der Waals surface area (Å²) in [6, 6.07) is 10.4.